The maximum atomic E-state index is 11.5. The van der Waals surface area contributed by atoms with Crippen LogP contribution in [0.1, 0.15) is 17.5 Å². The summed E-state index contributed by atoms with van der Waals surface area (Å²) in [6.45, 7) is 1.42. The molecule has 1 aromatic carbocycles. The summed E-state index contributed by atoms with van der Waals surface area (Å²) >= 11 is 0. The number of hydrogen-bond acceptors (Lipinski definition) is 4. The number of nitrogens with two attached hydrogens (primary N) is 1. The summed E-state index contributed by atoms with van der Waals surface area (Å²) in [5, 5.41) is 9.01. The minimum absolute atomic E-state index is 0.0413. The second-order valence-electron chi connectivity index (χ2n) is 4.92. The van der Waals surface area contributed by atoms with Gasteiger partial charge in [0.1, 0.15) is 0 Å². The summed E-state index contributed by atoms with van der Waals surface area (Å²) < 4.78 is 5.31. The van der Waals surface area contributed by atoms with E-state index >= 15 is 0 Å². The molecule has 0 radical (unpaired) electrons. The fraction of sp³-hybridized carbons (Fsp3) is 0.500. The second-order valence-corrected chi connectivity index (χ2v) is 4.92. The minimum atomic E-state index is -0.300. The van der Waals surface area contributed by atoms with Crippen molar-refractivity contribution < 1.29 is 14.6 Å². The van der Waals surface area contributed by atoms with Crippen LogP contribution in [0, 0.1) is 0 Å². The van der Waals surface area contributed by atoms with E-state index in [-0.39, 0.29) is 24.7 Å². The molecule has 2 rings (SSSR count). The number of ether oxygens (including phenoxy) is 1. The average Bonchev–Trinajstić information content (AvgIpc) is 2.83. The van der Waals surface area contributed by atoms with E-state index in [9.17, 15) is 4.79 Å². The Bertz CT molecular complexity index is 433. The molecule has 3 N–H and O–H groups in total. The van der Waals surface area contributed by atoms with Gasteiger partial charge in [0.2, 0.25) is 5.91 Å². The van der Waals surface area contributed by atoms with Crippen LogP contribution >= 0.6 is 0 Å². The van der Waals surface area contributed by atoms with Crippen molar-refractivity contribution in [3.8, 4) is 0 Å². The molecule has 5 nitrogen and oxygen atoms in total. The standard InChI is InChI=1S/C14H20N2O3/c1-19-12-6-13(14(15)18)16(8-12)7-10-2-4-11(9-17)5-3-10/h2-5,12-13,17H,6-9H2,1H3,(H2,15,18)/t12-,13-/m0/s1. The van der Waals surface area contributed by atoms with Crippen molar-refractivity contribution >= 4 is 5.91 Å². The molecule has 0 spiro atoms. The maximum Gasteiger partial charge on any atom is 0.234 e. The smallest absolute Gasteiger partial charge is 0.234 e. The average molecular weight is 264 g/mol. The SMILES string of the molecule is CO[C@H]1C[C@@H](C(N)=O)N(Cc2ccc(CO)cc2)C1. The molecule has 0 aromatic heterocycles. The van der Waals surface area contributed by atoms with E-state index in [0.717, 1.165) is 11.1 Å². The number of carbonyl (C=O) groups is 1. The van der Waals surface area contributed by atoms with Crippen molar-refractivity contribution in [2.24, 2.45) is 5.73 Å². The van der Waals surface area contributed by atoms with Gasteiger partial charge in [-0.05, 0) is 17.5 Å². The molecule has 0 unspecified atom stereocenters. The van der Waals surface area contributed by atoms with Crippen molar-refractivity contribution in [2.75, 3.05) is 13.7 Å². The number of amides is 1. The summed E-state index contributed by atoms with van der Waals surface area (Å²) in [6, 6.07) is 7.44. The minimum Gasteiger partial charge on any atom is -0.392 e. The van der Waals surface area contributed by atoms with Crippen molar-refractivity contribution in [3.63, 3.8) is 0 Å². The second kappa shape index (κ2) is 6.14. The molecule has 1 aliphatic heterocycles. The topological polar surface area (TPSA) is 75.8 Å². The molecule has 5 heteroatoms. The molecular weight excluding hydrogens is 244 g/mol. The number of methoxy groups -OCH3 is 1. The highest BCUT2D eigenvalue weighted by Gasteiger charge is 2.35. The third-order valence-corrected chi connectivity index (χ3v) is 3.62. The molecule has 1 heterocycles. The van der Waals surface area contributed by atoms with Crippen LogP contribution in [0.15, 0.2) is 24.3 Å². The van der Waals surface area contributed by atoms with Gasteiger partial charge in [0, 0.05) is 20.2 Å². The highest BCUT2D eigenvalue weighted by molar-refractivity contribution is 5.80. The molecule has 1 amide bonds. The number of benzene rings is 1. The molecule has 1 fully saturated rings. The number of rotatable bonds is 5. The lowest BCUT2D eigenvalue weighted by atomic mass is 10.1. The number of carbonyl (C=O) groups excluding carboxylic acids is 1. The first-order chi connectivity index (χ1) is 9.13. The largest absolute Gasteiger partial charge is 0.392 e. The zero-order chi connectivity index (χ0) is 13.8. The van der Waals surface area contributed by atoms with E-state index in [1.54, 1.807) is 7.11 Å². The summed E-state index contributed by atoms with van der Waals surface area (Å²) in [5.74, 6) is -0.300. The summed E-state index contributed by atoms with van der Waals surface area (Å²) in [7, 11) is 1.66. The van der Waals surface area contributed by atoms with Crippen LogP contribution in [0.4, 0.5) is 0 Å². The number of hydrogen-bond donors (Lipinski definition) is 2. The van der Waals surface area contributed by atoms with Gasteiger partial charge in [0.25, 0.3) is 0 Å². The number of nitrogens with zero attached hydrogens (tertiary/aromatic N) is 1. The van der Waals surface area contributed by atoms with Gasteiger partial charge in [0.15, 0.2) is 0 Å². The molecule has 2 atom stereocenters. The summed E-state index contributed by atoms with van der Waals surface area (Å²) in [6.07, 6.45) is 0.717. The lowest BCUT2D eigenvalue weighted by molar-refractivity contribution is -0.122. The van der Waals surface area contributed by atoms with Crippen LogP contribution in [-0.4, -0.2) is 41.7 Å². The fourth-order valence-electron chi connectivity index (χ4n) is 2.49. The van der Waals surface area contributed by atoms with Crippen LogP contribution in [0.25, 0.3) is 0 Å². The van der Waals surface area contributed by atoms with Crippen LogP contribution in [0.3, 0.4) is 0 Å². The molecule has 1 saturated heterocycles. The van der Waals surface area contributed by atoms with Gasteiger partial charge in [-0.15, -0.1) is 0 Å². The highest BCUT2D eigenvalue weighted by Crippen LogP contribution is 2.22. The molecule has 1 aromatic rings. The first kappa shape index (κ1) is 14.0. The number of likely N-dealkylation sites (tertiary alicyclic amines) is 1. The van der Waals surface area contributed by atoms with E-state index in [1.165, 1.54) is 0 Å². The molecule has 0 aliphatic carbocycles. The molecule has 0 saturated carbocycles. The lowest BCUT2D eigenvalue weighted by Gasteiger charge is -2.21. The predicted molar refractivity (Wildman–Crippen MR) is 71.2 cm³/mol. The first-order valence-corrected chi connectivity index (χ1v) is 6.39. The molecule has 1 aliphatic rings. The number of aliphatic hydroxyl groups is 1. The number of primary amides is 1. The quantitative estimate of drug-likeness (QED) is 0.799. The Kier molecular flexibility index (Phi) is 4.52. The predicted octanol–water partition coefficient (Wildman–Crippen LogP) is 0.253. The van der Waals surface area contributed by atoms with Crippen molar-refractivity contribution in [3.05, 3.63) is 35.4 Å². The van der Waals surface area contributed by atoms with Gasteiger partial charge in [-0.2, -0.15) is 0 Å². The number of aliphatic hydroxyl groups excluding tert-OH is 1. The Labute approximate surface area is 113 Å². The van der Waals surface area contributed by atoms with Crippen molar-refractivity contribution in [2.45, 2.75) is 31.7 Å². The van der Waals surface area contributed by atoms with Gasteiger partial charge in [0.05, 0.1) is 18.8 Å². The van der Waals surface area contributed by atoms with Gasteiger partial charge in [-0.1, -0.05) is 24.3 Å². The molecular formula is C14H20N2O3. The van der Waals surface area contributed by atoms with Crippen LogP contribution < -0.4 is 5.73 Å². The zero-order valence-corrected chi connectivity index (χ0v) is 11.1. The Balaban J connectivity index is 2.05. The van der Waals surface area contributed by atoms with E-state index in [0.29, 0.717) is 19.5 Å². The maximum absolute atomic E-state index is 11.5. The van der Waals surface area contributed by atoms with Crippen molar-refractivity contribution in [1.29, 1.82) is 0 Å². The van der Waals surface area contributed by atoms with E-state index in [1.807, 2.05) is 29.2 Å². The normalized spacial score (nSPS) is 23.7. The molecule has 19 heavy (non-hydrogen) atoms. The van der Waals surface area contributed by atoms with Gasteiger partial charge in [-0.3, -0.25) is 9.69 Å². The zero-order valence-electron chi connectivity index (χ0n) is 11.1. The van der Waals surface area contributed by atoms with Gasteiger partial charge >= 0.3 is 0 Å². The Morgan fingerprint density at radius 2 is 2.05 bits per heavy atom. The lowest BCUT2D eigenvalue weighted by Crippen LogP contribution is -2.39. The third-order valence-electron chi connectivity index (χ3n) is 3.62. The summed E-state index contributed by atoms with van der Waals surface area (Å²) in [5.41, 5.74) is 7.41. The summed E-state index contributed by atoms with van der Waals surface area (Å²) in [4.78, 5) is 13.5. The highest BCUT2D eigenvalue weighted by atomic mass is 16.5. The fourth-order valence-corrected chi connectivity index (χ4v) is 2.49. The van der Waals surface area contributed by atoms with Gasteiger partial charge < -0.3 is 15.6 Å². The monoisotopic (exact) mass is 264 g/mol. The third kappa shape index (κ3) is 3.32. The molecule has 0 bridgehead atoms. The Morgan fingerprint density at radius 3 is 2.58 bits per heavy atom. The van der Waals surface area contributed by atoms with Crippen molar-refractivity contribution in [1.82, 2.24) is 4.90 Å². The Hall–Kier alpha value is -1.43. The first-order valence-electron chi connectivity index (χ1n) is 6.39. The van der Waals surface area contributed by atoms with Gasteiger partial charge in [-0.25, -0.2) is 0 Å². The van der Waals surface area contributed by atoms with Crippen LogP contribution in [-0.2, 0) is 22.7 Å². The Morgan fingerprint density at radius 1 is 1.42 bits per heavy atom. The van der Waals surface area contributed by atoms with Crippen LogP contribution in [0.5, 0.6) is 0 Å². The van der Waals surface area contributed by atoms with E-state index in [4.69, 9.17) is 15.6 Å². The van der Waals surface area contributed by atoms with Crippen LogP contribution in [0.2, 0.25) is 0 Å². The molecule has 104 valence electrons. The van der Waals surface area contributed by atoms with E-state index < -0.39 is 0 Å². The van der Waals surface area contributed by atoms with E-state index in [2.05, 4.69) is 0 Å².